The topological polar surface area (TPSA) is 109 Å². The van der Waals surface area contributed by atoms with Gasteiger partial charge in [0.2, 0.25) is 5.91 Å². The zero-order valence-electron chi connectivity index (χ0n) is 11.1. The molecule has 108 valence electrons. The predicted molar refractivity (Wildman–Crippen MR) is 76.6 cm³/mol. The first-order valence-electron chi connectivity index (χ1n) is 6.29. The second kappa shape index (κ2) is 6.04. The number of carbonyl (C=O) groups is 3. The molecular weight excluding hydrogens is 272 g/mol. The zero-order valence-corrected chi connectivity index (χ0v) is 11.1. The van der Waals surface area contributed by atoms with E-state index in [1.54, 1.807) is 24.3 Å². The van der Waals surface area contributed by atoms with Crippen molar-refractivity contribution in [3.8, 4) is 0 Å². The molecule has 0 aliphatic heterocycles. The van der Waals surface area contributed by atoms with E-state index in [4.69, 9.17) is 10.8 Å². The maximum absolute atomic E-state index is 12.2. The van der Waals surface area contributed by atoms with Crippen molar-refractivity contribution in [2.75, 3.05) is 0 Å². The normalized spacial score (nSPS) is 11.8. The molecule has 21 heavy (non-hydrogen) atoms. The van der Waals surface area contributed by atoms with Crippen LogP contribution in [0.1, 0.15) is 16.8 Å². The van der Waals surface area contributed by atoms with Gasteiger partial charge in [0.05, 0.1) is 6.42 Å². The number of nitrogens with two attached hydrogens (primary N) is 1. The number of nitrogens with one attached hydrogen (secondary N) is 1. The van der Waals surface area contributed by atoms with E-state index in [1.165, 1.54) is 0 Å². The molecule has 6 nitrogen and oxygen atoms in total. The molecule has 0 spiro atoms. The van der Waals surface area contributed by atoms with Crippen LogP contribution in [0, 0.1) is 0 Å². The molecular formula is C15H14N2O4. The van der Waals surface area contributed by atoms with Gasteiger partial charge in [-0.05, 0) is 16.8 Å². The Morgan fingerprint density at radius 2 is 1.76 bits per heavy atom. The number of fused-ring (bicyclic) bond motifs is 1. The van der Waals surface area contributed by atoms with Gasteiger partial charge in [-0.1, -0.05) is 36.4 Å². The zero-order chi connectivity index (χ0) is 15.4. The Morgan fingerprint density at radius 1 is 1.10 bits per heavy atom. The minimum absolute atomic E-state index is 0.351. The van der Waals surface area contributed by atoms with Crippen LogP contribution in [0.2, 0.25) is 0 Å². The summed E-state index contributed by atoms with van der Waals surface area (Å²) in [5.74, 6) is -2.65. The Bertz CT molecular complexity index is 706. The van der Waals surface area contributed by atoms with E-state index in [0.29, 0.717) is 10.9 Å². The van der Waals surface area contributed by atoms with Crippen molar-refractivity contribution in [3.05, 3.63) is 48.0 Å². The Balaban J connectivity index is 2.29. The second-order valence-electron chi connectivity index (χ2n) is 4.56. The van der Waals surface area contributed by atoms with Crippen LogP contribution < -0.4 is 11.1 Å². The van der Waals surface area contributed by atoms with Gasteiger partial charge in [-0.15, -0.1) is 0 Å². The molecule has 2 aromatic rings. The minimum atomic E-state index is -1.34. The van der Waals surface area contributed by atoms with Gasteiger partial charge in [-0.3, -0.25) is 9.59 Å². The van der Waals surface area contributed by atoms with Crippen LogP contribution in [-0.4, -0.2) is 28.9 Å². The van der Waals surface area contributed by atoms with Gasteiger partial charge in [0.1, 0.15) is 6.04 Å². The summed E-state index contributed by atoms with van der Waals surface area (Å²) in [5.41, 5.74) is 5.33. The predicted octanol–water partition coefficient (Wildman–Crippen LogP) is 0.898. The summed E-state index contributed by atoms with van der Waals surface area (Å²) in [5, 5.41) is 12.9. The number of carboxylic acid groups (broad SMARTS) is 1. The maximum atomic E-state index is 12.2. The molecule has 0 fully saturated rings. The van der Waals surface area contributed by atoms with Gasteiger partial charge in [0.15, 0.2) is 0 Å². The average molecular weight is 286 g/mol. The molecule has 2 amide bonds. The van der Waals surface area contributed by atoms with Gasteiger partial charge >= 0.3 is 5.97 Å². The van der Waals surface area contributed by atoms with Crippen LogP contribution in [0.4, 0.5) is 0 Å². The lowest BCUT2D eigenvalue weighted by Crippen LogP contribution is -2.43. The van der Waals surface area contributed by atoms with E-state index in [1.807, 2.05) is 18.2 Å². The Hall–Kier alpha value is -2.89. The van der Waals surface area contributed by atoms with Crippen LogP contribution >= 0.6 is 0 Å². The third kappa shape index (κ3) is 3.36. The first kappa shape index (κ1) is 14.5. The highest BCUT2D eigenvalue weighted by atomic mass is 16.4. The van der Waals surface area contributed by atoms with Gasteiger partial charge in [0.25, 0.3) is 5.91 Å². The third-order valence-electron chi connectivity index (χ3n) is 3.04. The quantitative estimate of drug-likeness (QED) is 0.758. The van der Waals surface area contributed by atoms with Crippen molar-refractivity contribution in [2.45, 2.75) is 12.5 Å². The summed E-state index contributed by atoms with van der Waals surface area (Å²) < 4.78 is 0. The Labute approximate surface area is 120 Å². The second-order valence-corrected chi connectivity index (χ2v) is 4.56. The first-order valence-corrected chi connectivity index (χ1v) is 6.29. The number of primary amides is 1. The molecule has 0 bridgehead atoms. The summed E-state index contributed by atoms with van der Waals surface area (Å²) in [6.45, 7) is 0. The fourth-order valence-electron chi connectivity index (χ4n) is 2.06. The van der Waals surface area contributed by atoms with Crippen LogP contribution in [0.5, 0.6) is 0 Å². The fraction of sp³-hybridized carbons (Fsp3) is 0.133. The number of carboxylic acids is 1. The highest BCUT2D eigenvalue weighted by molar-refractivity contribution is 6.08. The molecule has 0 aromatic heterocycles. The lowest BCUT2D eigenvalue weighted by Gasteiger charge is -2.14. The number of hydrogen-bond donors (Lipinski definition) is 3. The molecule has 0 aliphatic carbocycles. The van der Waals surface area contributed by atoms with Crippen molar-refractivity contribution in [3.63, 3.8) is 0 Å². The number of hydrogen-bond acceptors (Lipinski definition) is 3. The maximum Gasteiger partial charge on any atom is 0.326 e. The van der Waals surface area contributed by atoms with Gasteiger partial charge < -0.3 is 16.2 Å². The molecule has 1 atom stereocenters. The summed E-state index contributed by atoms with van der Waals surface area (Å²) in [4.78, 5) is 34.1. The summed E-state index contributed by atoms with van der Waals surface area (Å²) >= 11 is 0. The van der Waals surface area contributed by atoms with Gasteiger partial charge in [0, 0.05) is 5.56 Å². The minimum Gasteiger partial charge on any atom is -0.480 e. The lowest BCUT2D eigenvalue weighted by molar-refractivity contribution is -0.140. The Morgan fingerprint density at radius 3 is 2.43 bits per heavy atom. The van der Waals surface area contributed by atoms with Crippen LogP contribution in [0.25, 0.3) is 10.8 Å². The molecule has 2 rings (SSSR count). The monoisotopic (exact) mass is 286 g/mol. The lowest BCUT2D eigenvalue weighted by atomic mass is 10.0. The molecule has 0 aliphatic rings. The largest absolute Gasteiger partial charge is 0.480 e. The summed E-state index contributed by atoms with van der Waals surface area (Å²) in [6.07, 6.45) is -0.453. The molecule has 0 saturated carbocycles. The highest BCUT2D eigenvalue weighted by Gasteiger charge is 2.23. The van der Waals surface area contributed by atoms with E-state index < -0.39 is 30.2 Å². The van der Waals surface area contributed by atoms with Crippen molar-refractivity contribution in [2.24, 2.45) is 5.73 Å². The van der Waals surface area contributed by atoms with E-state index in [-0.39, 0.29) is 0 Å². The van der Waals surface area contributed by atoms with E-state index in [2.05, 4.69) is 5.32 Å². The molecule has 2 aromatic carbocycles. The van der Waals surface area contributed by atoms with Crippen molar-refractivity contribution in [1.29, 1.82) is 0 Å². The SMILES string of the molecule is NC(=O)C[C@@H](NC(=O)c1cccc2ccccc12)C(=O)O. The Kier molecular flexibility index (Phi) is 4.18. The third-order valence-corrected chi connectivity index (χ3v) is 3.04. The molecule has 0 heterocycles. The molecule has 6 heteroatoms. The number of amides is 2. The fourth-order valence-corrected chi connectivity index (χ4v) is 2.06. The molecule has 0 saturated heterocycles. The molecule has 4 N–H and O–H groups in total. The number of carbonyl (C=O) groups excluding carboxylic acids is 2. The van der Waals surface area contributed by atoms with E-state index in [9.17, 15) is 14.4 Å². The number of benzene rings is 2. The van der Waals surface area contributed by atoms with Gasteiger partial charge in [-0.25, -0.2) is 4.79 Å². The standard InChI is InChI=1S/C15H14N2O4/c16-13(18)8-12(15(20)21)17-14(19)11-7-3-5-9-4-1-2-6-10(9)11/h1-7,12H,8H2,(H2,16,18)(H,17,19)(H,20,21)/t12-/m1/s1. The van der Waals surface area contributed by atoms with Crippen molar-refractivity contribution >= 4 is 28.6 Å². The van der Waals surface area contributed by atoms with Gasteiger partial charge in [-0.2, -0.15) is 0 Å². The smallest absolute Gasteiger partial charge is 0.326 e. The van der Waals surface area contributed by atoms with Crippen molar-refractivity contribution < 1.29 is 19.5 Å². The van der Waals surface area contributed by atoms with Crippen molar-refractivity contribution in [1.82, 2.24) is 5.32 Å². The highest BCUT2D eigenvalue weighted by Crippen LogP contribution is 2.18. The summed E-state index contributed by atoms with van der Waals surface area (Å²) in [7, 11) is 0. The molecule has 0 radical (unpaired) electrons. The van der Waals surface area contributed by atoms with Crippen LogP contribution in [-0.2, 0) is 9.59 Å². The molecule has 0 unspecified atom stereocenters. The number of aliphatic carboxylic acids is 1. The number of rotatable bonds is 5. The van der Waals surface area contributed by atoms with Crippen LogP contribution in [0.15, 0.2) is 42.5 Å². The summed E-state index contributed by atoms with van der Waals surface area (Å²) in [6, 6.07) is 11.1. The van der Waals surface area contributed by atoms with E-state index in [0.717, 1.165) is 5.39 Å². The first-order chi connectivity index (χ1) is 9.99. The average Bonchev–Trinajstić information content (AvgIpc) is 2.45. The van der Waals surface area contributed by atoms with Crippen LogP contribution in [0.3, 0.4) is 0 Å². The van der Waals surface area contributed by atoms with E-state index >= 15 is 0 Å².